The summed E-state index contributed by atoms with van der Waals surface area (Å²) in [6.45, 7) is 15.3. The first-order valence-corrected chi connectivity index (χ1v) is 16.2. The molecule has 1 aromatic rings. The molecule has 2 rings (SSSR count). The Morgan fingerprint density at radius 3 is 2.30 bits per heavy atom. The van der Waals surface area contributed by atoms with Crippen molar-refractivity contribution in [1.29, 1.82) is 5.41 Å². The van der Waals surface area contributed by atoms with E-state index in [1.165, 1.54) is 6.92 Å². The highest BCUT2D eigenvalue weighted by molar-refractivity contribution is 6.36. The minimum Gasteiger partial charge on any atom is -0.384 e. The van der Waals surface area contributed by atoms with E-state index < -0.39 is 0 Å². The lowest BCUT2D eigenvalue weighted by Crippen LogP contribution is -2.32. The van der Waals surface area contributed by atoms with Crippen molar-refractivity contribution < 1.29 is 4.79 Å². The number of rotatable bonds is 14. The first kappa shape index (κ1) is 46.0. The van der Waals surface area contributed by atoms with Crippen molar-refractivity contribution in [3.63, 3.8) is 0 Å². The molecule has 9 heteroatoms. The number of allylic oxidation sites excluding steroid dienone is 4. The van der Waals surface area contributed by atoms with Crippen LogP contribution in [-0.2, 0) is 4.79 Å². The largest absolute Gasteiger partial charge is 0.384 e. The summed E-state index contributed by atoms with van der Waals surface area (Å²) in [4.78, 5) is 21.2. The first-order chi connectivity index (χ1) is 22.2. The Bertz CT molecular complexity index is 1130. The van der Waals surface area contributed by atoms with Crippen molar-refractivity contribution in [3.05, 3.63) is 65.5 Å². The van der Waals surface area contributed by atoms with Gasteiger partial charge in [0.2, 0.25) is 0 Å². The summed E-state index contributed by atoms with van der Waals surface area (Å²) in [7, 11) is 5.36. The molecule has 0 spiro atoms. The van der Waals surface area contributed by atoms with E-state index in [1.54, 1.807) is 30.3 Å². The number of carbonyl (C=O) groups is 1. The van der Waals surface area contributed by atoms with Crippen LogP contribution in [0.1, 0.15) is 86.1 Å². The number of carbonyl (C=O) groups excluding carboxylic acids is 1. The summed E-state index contributed by atoms with van der Waals surface area (Å²) in [5.41, 5.74) is 9.56. The van der Waals surface area contributed by atoms with Crippen LogP contribution in [0.25, 0.3) is 5.70 Å². The summed E-state index contributed by atoms with van der Waals surface area (Å²) < 4.78 is 0. The number of hydrogen-bond donors (Lipinski definition) is 3. The molecule has 1 amide bonds. The number of nitrogens with two attached hydrogens (primary N) is 1. The molecule has 0 fully saturated rings. The van der Waals surface area contributed by atoms with Crippen LogP contribution in [0, 0.1) is 24.2 Å². The fourth-order valence-electron chi connectivity index (χ4n) is 3.63. The Hall–Kier alpha value is -4.45. The monoisotopic (exact) mass is 635 g/mol. The molecule has 0 aromatic heterocycles. The molecule has 0 saturated carbocycles. The highest BCUT2D eigenvalue weighted by atomic mass is 16.2. The number of nitrogens with one attached hydrogen (secondary N) is 2. The van der Waals surface area contributed by atoms with Gasteiger partial charge in [0.05, 0.1) is 17.7 Å². The first-order valence-electron chi connectivity index (χ1n) is 16.2. The van der Waals surface area contributed by atoms with Gasteiger partial charge < -0.3 is 16.0 Å². The minimum absolute atomic E-state index is 0.114. The van der Waals surface area contributed by atoms with E-state index in [0.717, 1.165) is 62.0 Å². The molecule has 1 aromatic carbocycles. The molecule has 1 aliphatic rings. The molecule has 1 atom stereocenters. The second kappa shape index (κ2) is 32.0. The van der Waals surface area contributed by atoms with Gasteiger partial charge in [-0.15, -0.1) is 12.8 Å². The fraction of sp³-hybridized carbons (Fsp3) is 0.486. The summed E-state index contributed by atoms with van der Waals surface area (Å²) in [6, 6.07) is 10.2. The smallest absolute Gasteiger partial charge is 0.266 e. The third-order valence-corrected chi connectivity index (χ3v) is 6.11. The molecule has 46 heavy (non-hydrogen) atoms. The average Bonchev–Trinajstić information content (AvgIpc) is 3.35. The van der Waals surface area contributed by atoms with Gasteiger partial charge in [0, 0.05) is 58.1 Å². The number of hydrazone groups is 1. The van der Waals surface area contributed by atoms with Gasteiger partial charge in [-0.1, -0.05) is 83.5 Å². The Morgan fingerprint density at radius 1 is 1.11 bits per heavy atom. The van der Waals surface area contributed by atoms with Crippen molar-refractivity contribution in [1.82, 2.24) is 15.2 Å². The zero-order valence-electron chi connectivity index (χ0n) is 30.3. The normalized spacial score (nSPS) is 13.5. The molecule has 0 aliphatic carbocycles. The SMILES string of the molecule is C#C.CC.CC.CCCCN(C)C(=O)C(C)=N.CN=CNCCC/C(C)=C(\N)N(C)/N=C\CC1C=CC=C(c2ccccc2)N=C1. The average molecular weight is 635 g/mol. The molecule has 0 saturated heterocycles. The van der Waals surface area contributed by atoms with E-state index in [4.69, 9.17) is 11.1 Å². The lowest BCUT2D eigenvalue weighted by molar-refractivity contribution is -0.123. The molecule has 1 unspecified atom stereocenters. The quantitative estimate of drug-likeness (QED) is 0.0649. The van der Waals surface area contributed by atoms with Crippen molar-refractivity contribution in [3.8, 4) is 12.8 Å². The van der Waals surface area contributed by atoms with Crippen LogP contribution in [0.5, 0.6) is 0 Å². The molecule has 0 bridgehead atoms. The number of benzene rings is 1. The predicted molar refractivity (Wildman–Crippen MR) is 203 cm³/mol. The van der Waals surface area contributed by atoms with Crippen LogP contribution in [-0.4, -0.2) is 74.5 Å². The van der Waals surface area contributed by atoms with Crippen molar-refractivity contribution in [2.75, 3.05) is 34.2 Å². The lowest BCUT2D eigenvalue weighted by Gasteiger charge is -2.16. The molecule has 1 aliphatic heterocycles. The maximum Gasteiger partial charge on any atom is 0.266 e. The van der Waals surface area contributed by atoms with Gasteiger partial charge in [-0.2, -0.15) is 5.10 Å². The Kier molecular flexibility index (Phi) is 31.9. The Labute approximate surface area is 281 Å². The van der Waals surface area contributed by atoms with Crippen LogP contribution < -0.4 is 11.1 Å². The standard InChI is InChI=1S/C23H32N6.C8H16N2O.2C2H6.C2H2/c1-19(9-8-15-26-18-25-2)23(24)29(3)28-16-14-20-10-7-13-22(27-17-20)21-11-5-4-6-12-21;1-4-5-6-10(3)8(11)7(2)9;3*1-2/h4-7,10-13,16-18,20H,8-9,14-15,24H2,1-3H3,(H,25,26);9H,4-6H2,1-3H3;2*1-2H3;1-2H/b23-19+,28-16-;;;;. The molecular formula is C37H62N8O. The number of unbranched alkanes of at least 4 members (excludes halogenated alkanes) is 1. The molecule has 4 N–H and O–H groups in total. The summed E-state index contributed by atoms with van der Waals surface area (Å²) >= 11 is 0. The lowest BCUT2D eigenvalue weighted by atomic mass is 10.1. The Balaban J connectivity index is -0.000000911. The van der Waals surface area contributed by atoms with Crippen LogP contribution in [0.3, 0.4) is 0 Å². The van der Waals surface area contributed by atoms with E-state index in [1.807, 2.05) is 78.4 Å². The zero-order chi connectivity index (χ0) is 35.8. The van der Waals surface area contributed by atoms with E-state index in [0.29, 0.717) is 5.82 Å². The van der Waals surface area contributed by atoms with Crippen LogP contribution in [0.15, 0.2) is 75.0 Å². The van der Waals surface area contributed by atoms with Crippen molar-refractivity contribution in [2.45, 2.75) is 80.6 Å². The highest BCUT2D eigenvalue weighted by Gasteiger charge is 2.09. The number of aliphatic imine (C=N–C) groups is 2. The topological polar surface area (TPSA) is 123 Å². The van der Waals surface area contributed by atoms with E-state index in [2.05, 4.69) is 64.5 Å². The predicted octanol–water partition coefficient (Wildman–Crippen LogP) is 7.40. The zero-order valence-corrected chi connectivity index (χ0v) is 30.3. The van der Waals surface area contributed by atoms with E-state index in [9.17, 15) is 4.79 Å². The van der Waals surface area contributed by atoms with Gasteiger partial charge in [0.25, 0.3) is 5.91 Å². The minimum atomic E-state index is -0.168. The third kappa shape index (κ3) is 22.1. The maximum atomic E-state index is 11.1. The number of hydrogen-bond acceptors (Lipinski definition) is 7. The summed E-state index contributed by atoms with van der Waals surface area (Å²) in [5.74, 6) is 0.740. The van der Waals surface area contributed by atoms with Crippen LogP contribution in [0.2, 0.25) is 0 Å². The highest BCUT2D eigenvalue weighted by Crippen LogP contribution is 2.19. The van der Waals surface area contributed by atoms with Gasteiger partial charge in [-0.25, -0.2) is 0 Å². The molecule has 9 nitrogen and oxygen atoms in total. The van der Waals surface area contributed by atoms with Gasteiger partial charge >= 0.3 is 0 Å². The molecule has 0 radical (unpaired) electrons. The van der Waals surface area contributed by atoms with Gasteiger partial charge in [0.15, 0.2) is 0 Å². The van der Waals surface area contributed by atoms with Crippen molar-refractivity contribution >= 4 is 36.1 Å². The van der Waals surface area contributed by atoms with Gasteiger partial charge in [-0.05, 0) is 51.2 Å². The van der Waals surface area contributed by atoms with Gasteiger partial charge in [0.1, 0.15) is 5.82 Å². The number of nitrogens with zero attached hydrogens (tertiary/aromatic N) is 5. The van der Waals surface area contributed by atoms with Crippen LogP contribution >= 0.6 is 0 Å². The van der Waals surface area contributed by atoms with E-state index in [-0.39, 0.29) is 17.5 Å². The van der Waals surface area contributed by atoms with Crippen molar-refractivity contribution in [2.24, 2.45) is 26.7 Å². The molecule has 1 heterocycles. The number of terminal acetylenes is 1. The number of amides is 1. The second-order valence-electron chi connectivity index (χ2n) is 9.62. The van der Waals surface area contributed by atoms with E-state index >= 15 is 0 Å². The van der Waals surface area contributed by atoms with Gasteiger partial charge in [-0.3, -0.25) is 25.2 Å². The fourth-order valence-corrected chi connectivity index (χ4v) is 3.63. The second-order valence-corrected chi connectivity index (χ2v) is 9.62. The Morgan fingerprint density at radius 2 is 1.74 bits per heavy atom. The maximum absolute atomic E-state index is 11.1. The third-order valence-electron chi connectivity index (χ3n) is 6.11. The van der Waals surface area contributed by atoms with Crippen LogP contribution in [0.4, 0.5) is 0 Å². The summed E-state index contributed by atoms with van der Waals surface area (Å²) in [6.07, 6.45) is 24.6. The molecule has 256 valence electrons. The summed E-state index contributed by atoms with van der Waals surface area (Å²) in [5, 5.41) is 16.4. The molecular weight excluding hydrogens is 572 g/mol.